The zero-order valence-electron chi connectivity index (χ0n) is 53.2. The molecule has 0 saturated carbocycles. The molecule has 0 radical (unpaired) electrons. The van der Waals surface area contributed by atoms with E-state index in [1.165, 1.54) is 122 Å². The Morgan fingerprint density at radius 3 is 1.09 bits per heavy atom. The summed E-state index contributed by atoms with van der Waals surface area (Å²) in [5, 5.41) is 10.2. The molecule has 7 heteroatoms. The van der Waals surface area contributed by atoms with Crippen LogP contribution in [0.2, 0.25) is 0 Å². The van der Waals surface area contributed by atoms with E-state index in [9.17, 15) is 0 Å². The largest absolute Gasteiger partial charge is 0.457 e. The number of benzene rings is 10. The van der Waals surface area contributed by atoms with Crippen LogP contribution in [0, 0.1) is 0 Å². The Labute approximate surface area is 525 Å². The van der Waals surface area contributed by atoms with Gasteiger partial charge in [-0.2, -0.15) is 9.15 Å². The first-order valence-electron chi connectivity index (χ1n) is 31.6. The lowest BCUT2D eigenvalue weighted by Crippen LogP contribution is -2.29. The minimum absolute atomic E-state index is 0.227. The number of likely N-dealkylation sites (N-methyl/N-ethyl adjacent to an activating group) is 2. The van der Waals surface area contributed by atoms with Crippen LogP contribution in [-0.2, 0) is 44.0 Å². The van der Waals surface area contributed by atoms with Crippen LogP contribution in [0.25, 0.3) is 43.1 Å². The number of hydrogen-bond donors (Lipinski definition) is 0. The van der Waals surface area contributed by atoms with E-state index in [0.717, 1.165) is 37.4 Å². The molecule has 0 saturated heterocycles. The molecule has 0 fully saturated rings. The quantitative estimate of drug-likeness (QED) is 0.0902. The average Bonchev–Trinajstić information content (AvgIpc) is 1.63. The number of fused-ring (bicyclic) bond motifs is 12. The van der Waals surface area contributed by atoms with E-state index in [4.69, 9.17) is 14.2 Å². The summed E-state index contributed by atoms with van der Waals surface area (Å²) in [6.45, 7) is 17.1. The number of anilines is 2. The molecule has 4 aliphatic rings. The average molecular weight is 1170 g/mol. The molecule has 10 aromatic rings. The van der Waals surface area contributed by atoms with Crippen molar-refractivity contribution in [2.24, 2.45) is 0 Å². The van der Waals surface area contributed by atoms with Gasteiger partial charge >= 0.3 is 0 Å². The number of ether oxygens (including phenoxy) is 3. The van der Waals surface area contributed by atoms with Gasteiger partial charge in [0.05, 0.1) is 10.8 Å². The molecule has 0 aromatic heterocycles. The topological polar surface area (TPSA) is 40.2 Å². The minimum atomic E-state index is -0.347. The Morgan fingerprint density at radius 2 is 0.730 bits per heavy atom. The molecule has 444 valence electrons. The summed E-state index contributed by atoms with van der Waals surface area (Å²) < 4.78 is 23.0. The standard InChI is InChI=1S/C82H80N4O3/c1-79(2)71(85(49-51-87-9)69-47-39-57-21-11-15-25-63(57)75(69)79)29-19-31-73-81(5,77-65-27-17-13-23-59(65)37-45-67(77)83(73)7)53-55-33-41-61(42-34-55)89-62-43-35-56(36-44-62)54-82(6)74(84(8)68-46-38-60-24-14-18-28-66(60)78(68)82)32-20-30-72-80(3,4)76-64-26-16-12-22-58(64)40-48-70(76)86(72)50-52-88-10/h11-48H,49-54H2,1-10H3/q+2. The van der Waals surface area contributed by atoms with Crippen molar-refractivity contribution in [1.82, 2.24) is 0 Å². The van der Waals surface area contributed by atoms with Crippen LogP contribution < -0.4 is 14.5 Å². The Balaban J connectivity index is 0.743. The molecule has 10 aromatic carbocycles. The normalized spacial score (nSPS) is 20.0. The minimum Gasteiger partial charge on any atom is -0.457 e. The van der Waals surface area contributed by atoms with Gasteiger partial charge in [-0.1, -0.05) is 146 Å². The van der Waals surface area contributed by atoms with Gasteiger partial charge in [0, 0.05) is 97.3 Å². The van der Waals surface area contributed by atoms with Gasteiger partial charge in [-0.25, -0.2) is 0 Å². The van der Waals surface area contributed by atoms with Crippen molar-refractivity contribution in [3.8, 4) is 11.5 Å². The van der Waals surface area contributed by atoms with Crippen LogP contribution in [0.3, 0.4) is 0 Å². The summed E-state index contributed by atoms with van der Waals surface area (Å²) >= 11 is 0. The van der Waals surface area contributed by atoms with Gasteiger partial charge in [-0.3, -0.25) is 0 Å². The second-order valence-electron chi connectivity index (χ2n) is 26.4. The third kappa shape index (κ3) is 9.55. The Morgan fingerprint density at radius 1 is 0.393 bits per heavy atom. The number of allylic oxidation sites excluding steroid dienone is 8. The maximum atomic E-state index is 6.69. The van der Waals surface area contributed by atoms with E-state index in [1.807, 2.05) is 0 Å². The molecule has 0 amide bonds. The molecule has 7 nitrogen and oxygen atoms in total. The summed E-state index contributed by atoms with van der Waals surface area (Å²) in [7, 11) is 8.05. The number of nitrogens with zero attached hydrogens (tertiary/aromatic N) is 4. The second kappa shape index (κ2) is 22.5. The first-order chi connectivity index (χ1) is 43.1. The van der Waals surface area contributed by atoms with Crippen molar-refractivity contribution in [3.63, 3.8) is 0 Å². The molecule has 0 bridgehead atoms. The van der Waals surface area contributed by atoms with E-state index >= 15 is 0 Å². The molecule has 2 atom stereocenters. The highest BCUT2D eigenvalue weighted by Gasteiger charge is 2.49. The van der Waals surface area contributed by atoms with Crippen molar-refractivity contribution in [2.75, 3.05) is 64.4 Å². The summed E-state index contributed by atoms with van der Waals surface area (Å²) in [5.74, 6) is 1.62. The first kappa shape index (κ1) is 57.6. The van der Waals surface area contributed by atoms with Crippen LogP contribution >= 0.6 is 0 Å². The van der Waals surface area contributed by atoms with Gasteiger partial charge in [0.2, 0.25) is 11.4 Å². The van der Waals surface area contributed by atoms with Gasteiger partial charge < -0.3 is 24.0 Å². The smallest absolute Gasteiger partial charge is 0.210 e. The van der Waals surface area contributed by atoms with Crippen LogP contribution in [0.5, 0.6) is 11.5 Å². The van der Waals surface area contributed by atoms with E-state index < -0.39 is 0 Å². The SMILES string of the molecule is COCC[N+]1=C(C=CC=C2N(C)c3ccc4ccccc4c3C2(C)Cc2ccc(Oc3ccc(CC4(C)C(=CC=CC5=[N+](CCOC)c6ccc7ccccc7c6C5(C)C)N(C)c5ccc6ccccc6c54)cc3)cc2)C(C)(C)c2c1ccc1ccccc21. The molecule has 2 unspecified atom stereocenters. The highest BCUT2D eigenvalue weighted by Crippen LogP contribution is 2.54. The van der Waals surface area contributed by atoms with Gasteiger partial charge in [0.15, 0.2) is 24.5 Å². The van der Waals surface area contributed by atoms with E-state index in [2.05, 4.69) is 305 Å². The van der Waals surface area contributed by atoms with Crippen molar-refractivity contribution >= 4 is 77.3 Å². The Hall–Kier alpha value is -9.14. The second-order valence-corrected chi connectivity index (χ2v) is 26.4. The van der Waals surface area contributed by atoms with Crippen LogP contribution in [0.4, 0.5) is 22.7 Å². The van der Waals surface area contributed by atoms with Crippen molar-refractivity contribution < 1.29 is 23.4 Å². The van der Waals surface area contributed by atoms with Gasteiger partial charge in [-0.05, 0) is 180 Å². The summed E-state index contributed by atoms with van der Waals surface area (Å²) in [4.78, 5) is 4.83. The highest BCUT2D eigenvalue weighted by atomic mass is 16.5. The molecular formula is C82H80N4O3+2. The molecule has 0 aliphatic carbocycles. The lowest BCUT2D eigenvalue weighted by Gasteiger charge is -2.30. The fourth-order valence-electron chi connectivity index (χ4n) is 16.1. The monoisotopic (exact) mass is 1170 g/mol. The van der Waals surface area contributed by atoms with Crippen molar-refractivity contribution in [1.29, 1.82) is 0 Å². The van der Waals surface area contributed by atoms with Crippen molar-refractivity contribution in [2.45, 2.75) is 76.0 Å². The zero-order valence-corrected chi connectivity index (χ0v) is 53.2. The Bertz CT molecular complexity index is 4380. The summed E-state index contributed by atoms with van der Waals surface area (Å²) in [6.07, 6.45) is 15.6. The predicted octanol–water partition coefficient (Wildman–Crippen LogP) is 18.3. The van der Waals surface area contributed by atoms with Crippen LogP contribution in [0.1, 0.15) is 74.9 Å². The first-order valence-corrected chi connectivity index (χ1v) is 31.6. The third-order valence-corrected chi connectivity index (χ3v) is 20.3. The fraction of sp³-hybridized carbons (Fsp3) is 0.244. The summed E-state index contributed by atoms with van der Waals surface area (Å²) in [5.41, 5.74) is 16.9. The predicted molar refractivity (Wildman–Crippen MR) is 372 cm³/mol. The molecule has 4 aliphatic heterocycles. The summed E-state index contributed by atoms with van der Waals surface area (Å²) in [6, 6.07) is 71.1. The maximum absolute atomic E-state index is 6.69. The van der Waals surface area contributed by atoms with Gasteiger partial charge in [-0.15, -0.1) is 0 Å². The van der Waals surface area contributed by atoms with E-state index in [0.29, 0.717) is 13.2 Å². The van der Waals surface area contributed by atoms with E-state index in [1.54, 1.807) is 14.2 Å². The lowest BCUT2D eigenvalue weighted by molar-refractivity contribution is -0.441. The fourth-order valence-corrected chi connectivity index (χ4v) is 16.1. The molecule has 0 N–H and O–H groups in total. The number of methoxy groups -OCH3 is 2. The highest BCUT2D eigenvalue weighted by molar-refractivity contribution is 6.09. The number of rotatable bonds is 16. The zero-order chi connectivity index (χ0) is 61.4. The molecule has 0 spiro atoms. The third-order valence-electron chi connectivity index (χ3n) is 20.3. The maximum Gasteiger partial charge on any atom is 0.210 e. The molecular weight excluding hydrogens is 1090 g/mol. The van der Waals surface area contributed by atoms with Gasteiger partial charge in [0.25, 0.3) is 0 Å². The Kier molecular flexibility index (Phi) is 14.5. The number of hydrogen-bond acceptors (Lipinski definition) is 5. The molecule has 4 heterocycles. The molecule has 89 heavy (non-hydrogen) atoms. The van der Waals surface area contributed by atoms with E-state index in [-0.39, 0.29) is 21.7 Å². The van der Waals surface area contributed by atoms with Crippen LogP contribution in [0.15, 0.2) is 242 Å². The molecule has 14 rings (SSSR count). The van der Waals surface area contributed by atoms with Gasteiger partial charge in [0.1, 0.15) is 24.7 Å². The lowest BCUT2D eigenvalue weighted by atomic mass is 9.74. The van der Waals surface area contributed by atoms with Crippen LogP contribution in [-0.4, -0.2) is 75.2 Å². The van der Waals surface area contributed by atoms with Crippen molar-refractivity contribution in [3.05, 3.63) is 275 Å².